The third kappa shape index (κ3) is 7.07. The lowest BCUT2D eigenvalue weighted by molar-refractivity contribution is 0.390. The topological polar surface area (TPSA) is 91.0 Å². The van der Waals surface area contributed by atoms with Crippen molar-refractivity contribution in [2.75, 3.05) is 0 Å². The number of phenolic OH excluding ortho intramolecular Hbond substituents is 2. The largest absolute Gasteiger partial charge is 0.507 e. The lowest BCUT2D eigenvalue weighted by atomic mass is 9.84. The average Bonchev–Trinajstić information content (AvgIpc) is 3.00. The van der Waals surface area contributed by atoms with E-state index in [9.17, 15) is 10.2 Å². The first-order valence-corrected chi connectivity index (χ1v) is 15.6. The van der Waals surface area contributed by atoms with Gasteiger partial charge in [-0.15, -0.1) is 0 Å². The molecule has 2 heterocycles. The summed E-state index contributed by atoms with van der Waals surface area (Å²) < 4.78 is 0. The molecular formula is C38H44N4O2. The van der Waals surface area contributed by atoms with Crippen LogP contribution in [0.5, 0.6) is 11.5 Å². The number of benzene rings is 2. The maximum absolute atomic E-state index is 11.3. The van der Waals surface area contributed by atoms with Crippen molar-refractivity contribution in [2.45, 2.75) is 90.1 Å². The van der Waals surface area contributed by atoms with E-state index in [0.29, 0.717) is 22.3 Å². The van der Waals surface area contributed by atoms with Gasteiger partial charge >= 0.3 is 0 Å². The molecule has 1 saturated carbocycles. The number of rotatable bonds is 6. The Morgan fingerprint density at radius 3 is 1.39 bits per heavy atom. The summed E-state index contributed by atoms with van der Waals surface area (Å²) in [4.78, 5) is 19.0. The van der Waals surface area contributed by atoms with Crippen molar-refractivity contribution >= 4 is 12.4 Å². The summed E-state index contributed by atoms with van der Waals surface area (Å²) in [5, 5.41) is 22.7. The van der Waals surface area contributed by atoms with Crippen LogP contribution < -0.4 is 0 Å². The summed E-state index contributed by atoms with van der Waals surface area (Å²) in [6.07, 6.45) is 11.1. The molecule has 0 saturated heterocycles. The summed E-state index contributed by atoms with van der Waals surface area (Å²) in [5.74, 6) is 0.365. The van der Waals surface area contributed by atoms with Gasteiger partial charge in [0.15, 0.2) is 0 Å². The van der Waals surface area contributed by atoms with E-state index in [-0.39, 0.29) is 34.4 Å². The molecule has 4 aromatic rings. The molecule has 1 aliphatic rings. The predicted octanol–water partition coefficient (Wildman–Crippen LogP) is 8.67. The zero-order valence-corrected chi connectivity index (χ0v) is 26.7. The van der Waals surface area contributed by atoms with Crippen LogP contribution in [-0.4, -0.2) is 44.7 Å². The lowest BCUT2D eigenvalue weighted by Gasteiger charge is -2.26. The standard InChI is InChI=1S/C38H44N4O2/c1-37(2,3)27-19-25(35(43)29(21-27)31-13-9-11-17-39-31)23-41-33-15-7-8-16-34(33)42-24-26-20-28(38(4,5)6)22-30(36(26)44)32-14-10-12-18-40-32/h9-14,17-24,33-34,43-44H,7-8,15-16H2,1-6H3/t33-,34-/m1/s1. The number of aliphatic imine (C=N–C) groups is 2. The molecule has 0 aliphatic heterocycles. The molecule has 2 N–H and O–H groups in total. The van der Waals surface area contributed by atoms with Crippen molar-refractivity contribution in [1.29, 1.82) is 0 Å². The van der Waals surface area contributed by atoms with Crippen molar-refractivity contribution in [2.24, 2.45) is 9.98 Å². The molecule has 5 rings (SSSR count). The van der Waals surface area contributed by atoms with E-state index in [2.05, 4.69) is 51.5 Å². The van der Waals surface area contributed by atoms with Crippen LogP contribution >= 0.6 is 0 Å². The predicted molar refractivity (Wildman–Crippen MR) is 181 cm³/mol. The fourth-order valence-corrected chi connectivity index (χ4v) is 5.60. The van der Waals surface area contributed by atoms with E-state index < -0.39 is 0 Å². The summed E-state index contributed by atoms with van der Waals surface area (Å²) in [6, 6.07) is 19.5. The second kappa shape index (κ2) is 12.7. The Bertz CT molecular complexity index is 1520. The quantitative estimate of drug-likeness (QED) is 0.221. The summed E-state index contributed by atoms with van der Waals surface area (Å²) in [5.41, 5.74) is 6.21. The highest BCUT2D eigenvalue weighted by molar-refractivity contribution is 5.90. The van der Waals surface area contributed by atoms with Crippen molar-refractivity contribution < 1.29 is 10.2 Å². The maximum atomic E-state index is 11.3. The molecule has 0 spiro atoms. The molecule has 2 atom stereocenters. The second-order valence-electron chi connectivity index (χ2n) is 13.8. The monoisotopic (exact) mass is 588 g/mol. The van der Waals surface area contributed by atoms with Gasteiger partial charge in [-0.2, -0.15) is 0 Å². The molecule has 0 amide bonds. The Balaban J connectivity index is 1.48. The molecular weight excluding hydrogens is 544 g/mol. The van der Waals surface area contributed by atoms with Gasteiger partial charge in [-0.3, -0.25) is 20.0 Å². The number of nitrogens with zero attached hydrogens (tertiary/aromatic N) is 4. The molecule has 2 aromatic heterocycles. The molecule has 0 unspecified atom stereocenters. The minimum atomic E-state index is -0.116. The van der Waals surface area contributed by atoms with Crippen molar-refractivity contribution in [3.05, 3.63) is 95.3 Å². The Morgan fingerprint density at radius 1 is 0.636 bits per heavy atom. The Labute approximate surface area is 261 Å². The highest BCUT2D eigenvalue weighted by atomic mass is 16.3. The smallest absolute Gasteiger partial charge is 0.133 e. The number of pyridine rings is 2. The van der Waals surface area contributed by atoms with Crippen LogP contribution in [0.4, 0.5) is 0 Å². The normalized spacial score (nSPS) is 17.9. The number of aromatic hydroxyl groups is 2. The van der Waals surface area contributed by atoms with Gasteiger partial charge in [0.25, 0.3) is 0 Å². The Morgan fingerprint density at radius 2 is 1.05 bits per heavy atom. The molecule has 6 nitrogen and oxygen atoms in total. The SMILES string of the molecule is CC(C)(C)c1cc(C=N[C@@H]2CCCC[C@H]2N=Cc2cc(C(C)(C)C)cc(-c3ccccn3)c2O)c(O)c(-c2ccccn2)c1. The highest BCUT2D eigenvalue weighted by Crippen LogP contribution is 2.38. The summed E-state index contributed by atoms with van der Waals surface area (Å²) >= 11 is 0. The first-order chi connectivity index (χ1) is 20.9. The first kappa shape index (κ1) is 31.1. The van der Waals surface area contributed by atoms with Gasteiger partial charge in [-0.25, -0.2) is 0 Å². The van der Waals surface area contributed by atoms with E-state index in [1.807, 2.05) is 73.1 Å². The highest BCUT2D eigenvalue weighted by Gasteiger charge is 2.25. The molecule has 0 bridgehead atoms. The van der Waals surface area contributed by atoms with Crippen LogP contribution in [0.15, 0.2) is 83.0 Å². The second-order valence-corrected chi connectivity index (χ2v) is 13.8. The van der Waals surface area contributed by atoms with Gasteiger partial charge in [0.05, 0.1) is 23.5 Å². The van der Waals surface area contributed by atoms with E-state index in [1.165, 1.54) is 0 Å². The van der Waals surface area contributed by atoms with Gasteiger partial charge in [-0.05, 0) is 83.3 Å². The average molecular weight is 589 g/mol. The van der Waals surface area contributed by atoms with Gasteiger partial charge in [-0.1, -0.05) is 66.5 Å². The Kier molecular flexibility index (Phi) is 9.00. The van der Waals surface area contributed by atoms with Crippen LogP contribution in [-0.2, 0) is 10.8 Å². The molecule has 228 valence electrons. The van der Waals surface area contributed by atoms with E-state index in [1.54, 1.807) is 12.4 Å². The number of phenols is 2. The Hall–Kier alpha value is -4.32. The van der Waals surface area contributed by atoms with Gasteiger partial charge in [0, 0.05) is 47.1 Å². The minimum Gasteiger partial charge on any atom is -0.507 e. The third-order valence-electron chi connectivity index (χ3n) is 8.40. The maximum Gasteiger partial charge on any atom is 0.133 e. The minimum absolute atomic E-state index is 0.0285. The summed E-state index contributed by atoms with van der Waals surface area (Å²) in [6.45, 7) is 13.0. The van der Waals surface area contributed by atoms with E-state index in [4.69, 9.17) is 9.98 Å². The molecule has 2 aromatic carbocycles. The number of hydrogen-bond donors (Lipinski definition) is 2. The lowest BCUT2D eigenvalue weighted by Crippen LogP contribution is -2.27. The van der Waals surface area contributed by atoms with Gasteiger partial charge in [0.2, 0.25) is 0 Å². The summed E-state index contributed by atoms with van der Waals surface area (Å²) in [7, 11) is 0. The van der Waals surface area contributed by atoms with Crippen LogP contribution in [0.2, 0.25) is 0 Å². The zero-order valence-electron chi connectivity index (χ0n) is 26.7. The van der Waals surface area contributed by atoms with Crippen LogP contribution in [0.3, 0.4) is 0 Å². The number of hydrogen-bond acceptors (Lipinski definition) is 6. The van der Waals surface area contributed by atoms with E-state index in [0.717, 1.165) is 48.2 Å². The van der Waals surface area contributed by atoms with Crippen LogP contribution in [0.25, 0.3) is 22.5 Å². The van der Waals surface area contributed by atoms with Crippen LogP contribution in [0, 0.1) is 0 Å². The molecule has 6 heteroatoms. The van der Waals surface area contributed by atoms with Crippen molar-refractivity contribution in [3.8, 4) is 34.0 Å². The van der Waals surface area contributed by atoms with Crippen molar-refractivity contribution in [3.63, 3.8) is 0 Å². The van der Waals surface area contributed by atoms with E-state index >= 15 is 0 Å². The fraction of sp³-hybridized carbons (Fsp3) is 0.368. The van der Waals surface area contributed by atoms with Gasteiger partial charge < -0.3 is 10.2 Å². The van der Waals surface area contributed by atoms with Crippen molar-refractivity contribution in [1.82, 2.24) is 9.97 Å². The molecule has 1 fully saturated rings. The zero-order chi connectivity index (χ0) is 31.5. The molecule has 44 heavy (non-hydrogen) atoms. The van der Waals surface area contributed by atoms with Gasteiger partial charge in [0.1, 0.15) is 11.5 Å². The number of aromatic nitrogens is 2. The third-order valence-corrected chi connectivity index (χ3v) is 8.40. The molecule has 0 radical (unpaired) electrons. The fourth-order valence-electron chi connectivity index (χ4n) is 5.60. The molecule has 1 aliphatic carbocycles. The van der Waals surface area contributed by atoms with Crippen LogP contribution in [0.1, 0.15) is 89.5 Å². The first-order valence-electron chi connectivity index (χ1n) is 15.6.